The zero-order chi connectivity index (χ0) is 29.9. The van der Waals surface area contributed by atoms with Crippen LogP contribution in [0.1, 0.15) is 16.8 Å². The zero-order valence-electron chi connectivity index (χ0n) is 23.9. The molecule has 10 nitrogen and oxygen atoms in total. The Kier molecular flexibility index (Phi) is 8.08. The Morgan fingerprint density at radius 3 is 2.47 bits per heavy atom. The summed E-state index contributed by atoms with van der Waals surface area (Å²) in [6.45, 7) is 10.0. The minimum atomic E-state index is -0.304. The van der Waals surface area contributed by atoms with Crippen LogP contribution in [0.4, 0.5) is 15.8 Å². The van der Waals surface area contributed by atoms with E-state index in [1.54, 1.807) is 24.3 Å². The summed E-state index contributed by atoms with van der Waals surface area (Å²) >= 11 is 0. The Bertz CT molecular complexity index is 1630. The van der Waals surface area contributed by atoms with Crippen LogP contribution in [0, 0.1) is 11.7 Å². The Balaban J connectivity index is 0.995. The van der Waals surface area contributed by atoms with E-state index in [1.807, 2.05) is 30.3 Å². The SMILES string of the molecule is C=C(CN1CC[C@@H](C(=O)Nc2ccc3[nH]nc(-c4ccc(F)cc4)c3c2)C1)N1CCN(c2ccc(C(=O)NN)cc2)CC1. The Hall–Kier alpha value is -4.74. The number of nitrogens with one attached hydrogen (secondary N) is 3. The molecule has 0 unspecified atom stereocenters. The molecule has 4 aromatic rings. The lowest BCUT2D eigenvalue weighted by Crippen LogP contribution is -2.47. The number of benzene rings is 3. The van der Waals surface area contributed by atoms with Crippen LogP contribution in [-0.2, 0) is 4.79 Å². The molecule has 0 radical (unpaired) electrons. The highest BCUT2D eigenvalue weighted by molar-refractivity contribution is 5.99. The molecule has 2 amide bonds. The quantitative estimate of drug-likeness (QED) is 0.142. The highest BCUT2D eigenvalue weighted by Gasteiger charge is 2.30. The van der Waals surface area contributed by atoms with Crippen LogP contribution in [-0.4, -0.2) is 77.6 Å². The first-order valence-corrected chi connectivity index (χ1v) is 14.4. The van der Waals surface area contributed by atoms with E-state index < -0.39 is 0 Å². The Morgan fingerprint density at radius 2 is 1.74 bits per heavy atom. The van der Waals surface area contributed by atoms with Crippen LogP contribution in [0.2, 0.25) is 0 Å². The molecule has 0 bridgehead atoms. The predicted octanol–water partition coefficient (Wildman–Crippen LogP) is 3.57. The van der Waals surface area contributed by atoms with Gasteiger partial charge in [0.1, 0.15) is 5.82 Å². The van der Waals surface area contributed by atoms with Crippen molar-refractivity contribution in [3.8, 4) is 11.3 Å². The first-order valence-electron chi connectivity index (χ1n) is 14.4. The van der Waals surface area contributed by atoms with E-state index in [4.69, 9.17) is 5.84 Å². The molecule has 11 heteroatoms. The standard InChI is InChI=1S/C32H35FN8O2/c1-21(40-14-16-41(17-15-40)27-9-4-23(5-10-27)32(43)36-34)19-39-13-12-24(20-39)31(42)35-26-8-11-29-28(18-26)30(38-37-29)22-2-6-25(33)7-3-22/h2-11,18,24H,1,12-17,19-20,34H2,(H,35,42)(H,36,43)(H,37,38)/t24-/m1/s1. The first-order chi connectivity index (χ1) is 20.9. The average Bonchev–Trinajstić information content (AvgIpc) is 3.68. The lowest BCUT2D eigenvalue weighted by molar-refractivity contribution is -0.119. The van der Waals surface area contributed by atoms with Crippen molar-refractivity contribution in [2.75, 3.05) is 56.0 Å². The van der Waals surface area contributed by atoms with E-state index in [9.17, 15) is 14.0 Å². The molecule has 2 fully saturated rings. The Labute approximate surface area is 249 Å². The fourth-order valence-electron chi connectivity index (χ4n) is 5.90. The molecule has 6 rings (SSSR count). The summed E-state index contributed by atoms with van der Waals surface area (Å²) in [6.07, 6.45) is 0.792. The summed E-state index contributed by atoms with van der Waals surface area (Å²) < 4.78 is 13.4. The summed E-state index contributed by atoms with van der Waals surface area (Å²) in [5.41, 5.74) is 7.90. The van der Waals surface area contributed by atoms with Gasteiger partial charge in [0.15, 0.2) is 0 Å². The second-order valence-electron chi connectivity index (χ2n) is 11.1. The van der Waals surface area contributed by atoms with Crippen LogP contribution in [0.25, 0.3) is 22.2 Å². The number of hydrogen-bond acceptors (Lipinski definition) is 7. The maximum atomic E-state index is 13.4. The highest BCUT2D eigenvalue weighted by Crippen LogP contribution is 2.29. The molecule has 1 aromatic heterocycles. The average molecular weight is 583 g/mol. The fraction of sp³-hybridized carbons (Fsp3) is 0.281. The number of halogens is 1. The Morgan fingerprint density at radius 1 is 1.00 bits per heavy atom. The molecule has 2 aliphatic rings. The van der Waals surface area contributed by atoms with Gasteiger partial charge in [0.2, 0.25) is 5.91 Å². The number of fused-ring (bicyclic) bond motifs is 1. The van der Waals surface area contributed by atoms with Crippen molar-refractivity contribution in [2.24, 2.45) is 11.8 Å². The number of nitrogen functional groups attached to an aromatic ring is 1. The molecule has 2 aliphatic heterocycles. The van der Waals surface area contributed by atoms with Gasteiger partial charge in [0.05, 0.1) is 17.1 Å². The predicted molar refractivity (Wildman–Crippen MR) is 166 cm³/mol. The van der Waals surface area contributed by atoms with E-state index in [0.29, 0.717) is 23.5 Å². The number of hydrazine groups is 1. The number of nitrogens with two attached hydrogens (primary N) is 1. The number of piperazine rings is 1. The van der Waals surface area contributed by atoms with Gasteiger partial charge in [-0.3, -0.25) is 25.0 Å². The number of rotatable bonds is 8. The van der Waals surface area contributed by atoms with Gasteiger partial charge >= 0.3 is 0 Å². The maximum absolute atomic E-state index is 13.4. The molecule has 3 aromatic carbocycles. The van der Waals surface area contributed by atoms with Gasteiger partial charge in [-0.05, 0) is 79.7 Å². The smallest absolute Gasteiger partial charge is 0.265 e. The molecule has 5 N–H and O–H groups in total. The minimum Gasteiger partial charge on any atom is -0.371 e. The number of carbonyl (C=O) groups is 2. The minimum absolute atomic E-state index is 0.00265. The van der Waals surface area contributed by atoms with E-state index >= 15 is 0 Å². The van der Waals surface area contributed by atoms with Crippen LogP contribution in [0.5, 0.6) is 0 Å². The lowest BCUT2D eigenvalue weighted by Gasteiger charge is -2.39. The monoisotopic (exact) mass is 582 g/mol. The van der Waals surface area contributed by atoms with Gasteiger partial charge in [-0.25, -0.2) is 10.2 Å². The van der Waals surface area contributed by atoms with Gasteiger partial charge in [0.25, 0.3) is 5.91 Å². The molecule has 222 valence electrons. The van der Waals surface area contributed by atoms with Gasteiger partial charge in [-0.15, -0.1) is 0 Å². The summed E-state index contributed by atoms with van der Waals surface area (Å²) in [6, 6.07) is 19.3. The maximum Gasteiger partial charge on any atom is 0.265 e. The van der Waals surface area contributed by atoms with Crippen molar-refractivity contribution in [3.63, 3.8) is 0 Å². The summed E-state index contributed by atoms with van der Waals surface area (Å²) in [5, 5.41) is 11.4. The number of nitrogens with zero attached hydrogens (tertiary/aromatic N) is 4. The van der Waals surface area contributed by atoms with E-state index in [1.165, 1.54) is 12.1 Å². The van der Waals surface area contributed by atoms with Crippen LogP contribution in [0.15, 0.2) is 79.0 Å². The zero-order valence-corrected chi connectivity index (χ0v) is 23.9. The molecule has 1 atom stereocenters. The number of H-pyrrole nitrogens is 1. The molecule has 43 heavy (non-hydrogen) atoms. The van der Waals surface area contributed by atoms with Crippen molar-refractivity contribution in [1.82, 2.24) is 25.4 Å². The number of amides is 2. The van der Waals surface area contributed by atoms with Crippen LogP contribution < -0.4 is 21.5 Å². The fourth-order valence-corrected chi connectivity index (χ4v) is 5.90. The van der Waals surface area contributed by atoms with Crippen LogP contribution >= 0.6 is 0 Å². The number of likely N-dealkylation sites (tertiary alicyclic amines) is 1. The van der Waals surface area contributed by atoms with Crippen molar-refractivity contribution in [1.29, 1.82) is 0 Å². The molecule has 0 aliphatic carbocycles. The molecular formula is C32H35FN8O2. The third-order valence-electron chi connectivity index (χ3n) is 8.35. The molecule has 0 spiro atoms. The summed E-state index contributed by atoms with van der Waals surface area (Å²) in [7, 11) is 0. The number of aromatic nitrogens is 2. The highest BCUT2D eigenvalue weighted by atomic mass is 19.1. The number of anilines is 2. The van der Waals surface area contributed by atoms with Crippen molar-refractivity contribution >= 4 is 34.1 Å². The lowest BCUT2D eigenvalue weighted by atomic mass is 10.1. The van der Waals surface area contributed by atoms with E-state index in [-0.39, 0.29) is 23.5 Å². The second kappa shape index (κ2) is 12.2. The van der Waals surface area contributed by atoms with Crippen LogP contribution in [0.3, 0.4) is 0 Å². The third kappa shape index (κ3) is 6.23. The molecule has 0 saturated carbocycles. The van der Waals surface area contributed by atoms with Crippen molar-refractivity contribution in [2.45, 2.75) is 6.42 Å². The molecule has 3 heterocycles. The van der Waals surface area contributed by atoms with Gasteiger partial charge < -0.3 is 15.1 Å². The number of carbonyl (C=O) groups excluding carboxylic acids is 2. The summed E-state index contributed by atoms with van der Waals surface area (Å²) in [5.74, 6) is 4.51. The topological polar surface area (TPSA) is 123 Å². The number of hydrogen-bond donors (Lipinski definition) is 4. The summed E-state index contributed by atoms with van der Waals surface area (Å²) in [4.78, 5) is 31.8. The first kappa shape index (κ1) is 28.4. The molecule has 2 saturated heterocycles. The van der Waals surface area contributed by atoms with E-state index in [2.05, 4.69) is 42.2 Å². The second-order valence-corrected chi connectivity index (χ2v) is 11.1. The largest absolute Gasteiger partial charge is 0.371 e. The molecular weight excluding hydrogens is 547 g/mol. The van der Waals surface area contributed by atoms with Crippen molar-refractivity contribution in [3.05, 3.63) is 90.4 Å². The van der Waals surface area contributed by atoms with E-state index in [0.717, 1.165) is 73.5 Å². The van der Waals surface area contributed by atoms with Crippen molar-refractivity contribution < 1.29 is 14.0 Å². The normalized spacial score (nSPS) is 17.3. The van der Waals surface area contributed by atoms with Gasteiger partial charge in [-0.2, -0.15) is 5.10 Å². The number of aromatic amines is 1. The van der Waals surface area contributed by atoms with Gasteiger partial charge in [-0.1, -0.05) is 6.58 Å². The third-order valence-corrected chi connectivity index (χ3v) is 8.35. The van der Waals surface area contributed by atoms with Gasteiger partial charge in [0, 0.05) is 72.9 Å².